The van der Waals surface area contributed by atoms with Gasteiger partial charge in [-0.15, -0.1) is 0 Å². The molecule has 124 valence electrons. The number of ether oxygens (including phenoxy) is 1. The average molecular weight is 321 g/mol. The van der Waals surface area contributed by atoms with Crippen LogP contribution in [0.2, 0.25) is 0 Å². The summed E-state index contributed by atoms with van der Waals surface area (Å²) in [6.45, 7) is 4.55. The number of carbonyl (C=O) groups excluding carboxylic acids is 1. The lowest BCUT2D eigenvalue weighted by Crippen LogP contribution is -2.61. The minimum atomic E-state index is -0.456. The number of nitrogens with one attached hydrogen (secondary N) is 1. The molecule has 2 saturated heterocycles. The molecular formula is C21H23NO2. The zero-order valence-corrected chi connectivity index (χ0v) is 14.1. The maximum Gasteiger partial charge on any atom is 0.148 e. The molecule has 4 atom stereocenters. The highest BCUT2D eigenvalue weighted by Gasteiger charge is 2.54. The van der Waals surface area contributed by atoms with Crippen LogP contribution in [0.1, 0.15) is 37.1 Å². The highest BCUT2D eigenvalue weighted by molar-refractivity contribution is 5.88. The highest BCUT2D eigenvalue weighted by atomic mass is 16.5. The van der Waals surface area contributed by atoms with Crippen LogP contribution in [-0.4, -0.2) is 18.0 Å². The van der Waals surface area contributed by atoms with Gasteiger partial charge in [0.2, 0.25) is 0 Å². The zero-order valence-electron chi connectivity index (χ0n) is 14.1. The third-order valence-corrected chi connectivity index (χ3v) is 5.47. The summed E-state index contributed by atoms with van der Waals surface area (Å²) in [6, 6.07) is 20.5. The van der Waals surface area contributed by atoms with Gasteiger partial charge >= 0.3 is 0 Å². The minimum Gasteiger partial charge on any atom is -0.374 e. The van der Waals surface area contributed by atoms with Gasteiger partial charge in [-0.2, -0.15) is 0 Å². The van der Waals surface area contributed by atoms with E-state index in [-0.39, 0.29) is 23.9 Å². The standard InChI is InChI=1S/C21H23NO2/c1-21(2)17-19(15-11-7-4-8-12-15)22-18(14-9-5-3-6-10-14)16(13-24-21)20(17)23/h3-12,16-19,22H,13H2,1-2H3. The molecule has 1 N–H and O–H groups in total. The van der Waals surface area contributed by atoms with E-state index in [0.29, 0.717) is 12.4 Å². The van der Waals surface area contributed by atoms with Crippen LogP contribution in [-0.2, 0) is 9.53 Å². The van der Waals surface area contributed by atoms with Crippen molar-refractivity contribution in [3.63, 3.8) is 0 Å². The number of fused-ring (bicyclic) bond motifs is 2. The van der Waals surface area contributed by atoms with Gasteiger partial charge in [0.15, 0.2) is 0 Å². The first-order chi connectivity index (χ1) is 11.6. The normalized spacial score (nSPS) is 31.7. The first-order valence-electron chi connectivity index (χ1n) is 8.61. The fraction of sp³-hybridized carbons (Fsp3) is 0.381. The molecule has 0 aromatic heterocycles. The third-order valence-electron chi connectivity index (χ3n) is 5.47. The van der Waals surface area contributed by atoms with E-state index < -0.39 is 5.60 Å². The predicted molar refractivity (Wildman–Crippen MR) is 93.5 cm³/mol. The maximum atomic E-state index is 13.3. The summed E-state index contributed by atoms with van der Waals surface area (Å²) in [4.78, 5) is 13.3. The van der Waals surface area contributed by atoms with Crippen molar-refractivity contribution in [2.75, 3.05) is 6.61 Å². The molecule has 2 aliphatic heterocycles. The monoisotopic (exact) mass is 321 g/mol. The van der Waals surface area contributed by atoms with E-state index in [1.54, 1.807) is 0 Å². The van der Waals surface area contributed by atoms with Crippen molar-refractivity contribution in [3.8, 4) is 0 Å². The molecule has 2 aromatic rings. The number of hydrogen-bond donors (Lipinski definition) is 1. The third kappa shape index (κ3) is 2.48. The largest absolute Gasteiger partial charge is 0.374 e. The molecule has 0 saturated carbocycles. The average Bonchev–Trinajstić information content (AvgIpc) is 2.60. The lowest BCUT2D eigenvalue weighted by molar-refractivity contribution is -0.174. The topological polar surface area (TPSA) is 38.3 Å². The van der Waals surface area contributed by atoms with Crippen LogP contribution >= 0.6 is 0 Å². The molecule has 3 heteroatoms. The Morgan fingerprint density at radius 1 is 0.917 bits per heavy atom. The summed E-state index contributed by atoms with van der Waals surface area (Å²) in [5, 5.41) is 3.77. The summed E-state index contributed by atoms with van der Waals surface area (Å²) in [5.74, 6) is 0.0386. The summed E-state index contributed by atoms with van der Waals surface area (Å²) < 4.78 is 6.15. The lowest BCUT2D eigenvalue weighted by Gasteiger charge is -2.51. The van der Waals surface area contributed by atoms with Crippen molar-refractivity contribution in [1.29, 1.82) is 0 Å². The van der Waals surface area contributed by atoms with E-state index in [0.717, 1.165) is 11.1 Å². The number of Topliss-reactive ketones (excluding diaryl/α,β-unsaturated/α-hetero) is 1. The Hall–Kier alpha value is -1.97. The molecule has 4 rings (SSSR count). The van der Waals surface area contributed by atoms with Gasteiger partial charge < -0.3 is 10.1 Å². The van der Waals surface area contributed by atoms with E-state index >= 15 is 0 Å². The lowest BCUT2D eigenvalue weighted by atomic mass is 9.67. The number of rotatable bonds is 2. The van der Waals surface area contributed by atoms with Crippen molar-refractivity contribution < 1.29 is 9.53 Å². The summed E-state index contributed by atoms with van der Waals surface area (Å²) in [5.41, 5.74) is 1.84. The second-order valence-electron chi connectivity index (χ2n) is 7.34. The first kappa shape index (κ1) is 15.6. The zero-order chi connectivity index (χ0) is 16.7. The fourth-order valence-corrected chi connectivity index (χ4v) is 4.22. The Balaban J connectivity index is 1.78. The molecule has 24 heavy (non-hydrogen) atoms. The molecule has 2 aromatic carbocycles. The molecule has 0 spiro atoms. The molecule has 2 aliphatic rings. The quantitative estimate of drug-likeness (QED) is 0.917. The summed E-state index contributed by atoms with van der Waals surface area (Å²) >= 11 is 0. The fourth-order valence-electron chi connectivity index (χ4n) is 4.22. The molecule has 2 fully saturated rings. The first-order valence-corrected chi connectivity index (χ1v) is 8.61. The smallest absolute Gasteiger partial charge is 0.148 e. The van der Waals surface area contributed by atoms with Crippen molar-refractivity contribution in [3.05, 3.63) is 71.8 Å². The van der Waals surface area contributed by atoms with Crippen molar-refractivity contribution in [1.82, 2.24) is 5.32 Å². The summed E-state index contributed by atoms with van der Waals surface area (Å²) in [7, 11) is 0. The van der Waals surface area contributed by atoms with E-state index in [4.69, 9.17) is 4.74 Å². The Kier molecular flexibility index (Phi) is 3.78. The van der Waals surface area contributed by atoms with Gasteiger partial charge in [0.1, 0.15) is 5.78 Å². The molecule has 0 aliphatic carbocycles. The molecule has 0 radical (unpaired) electrons. The SMILES string of the molecule is CC1(C)OCC2C(=O)C1C(c1ccccc1)NC2c1ccccc1. The Morgan fingerprint density at radius 2 is 1.46 bits per heavy atom. The molecule has 3 nitrogen and oxygen atoms in total. The number of piperidine rings is 1. The van der Waals surface area contributed by atoms with Gasteiger partial charge in [-0.05, 0) is 25.0 Å². The van der Waals surface area contributed by atoms with E-state index in [9.17, 15) is 4.79 Å². The maximum absolute atomic E-state index is 13.3. The van der Waals surface area contributed by atoms with Gasteiger partial charge in [-0.1, -0.05) is 60.7 Å². The number of hydrogen-bond acceptors (Lipinski definition) is 3. The molecular weight excluding hydrogens is 298 g/mol. The number of ketones is 1. The van der Waals surface area contributed by atoms with Crippen LogP contribution in [0.4, 0.5) is 0 Å². The molecule has 4 unspecified atom stereocenters. The van der Waals surface area contributed by atoms with Crippen molar-refractivity contribution in [2.45, 2.75) is 31.5 Å². The Labute approximate surface area is 143 Å². The van der Waals surface area contributed by atoms with Crippen LogP contribution in [0.5, 0.6) is 0 Å². The van der Waals surface area contributed by atoms with Gasteiger partial charge in [0.05, 0.1) is 24.0 Å². The van der Waals surface area contributed by atoms with E-state index in [2.05, 4.69) is 29.6 Å². The van der Waals surface area contributed by atoms with Crippen LogP contribution in [0.3, 0.4) is 0 Å². The van der Waals surface area contributed by atoms with Crippen LogP contribution in [0, 0.1) is 11.8 Å². The van der Waals surface area contributed by atoms with Gasteiger partial charge in [-0.3, -0.25) is 4.79 Å². The van der Waals surface area contributed by atoms with Crippen molar-refractivity contribution >= 4 is 5.78 Å². The molecule has 2 bridgehead atoms. The predicted octanol–water partition coefficient (Wildman–Crippen LogP) is 3.68. The summed E-state index contributed by atoms with van der Waals surface area (Å²) in [6.07, 6.45) is 0. The van der Waals surface area contributed by atoms with E-state index in [1.165, 1.54) is 0 Å². The van der Waals surface area contributed by atoms with Crippen LogP contribution in [0.25, 0.3) is 0 Å². The second-order valence-corrected chi connectivity index (χ2v) is 7.34. The molecule has 2 heterocycles. The Bertz CT molecular complexity index is 726. The van der Waals surface area contributed by atoms with E-state index in [1.807, 2.05) is 50.2 Å². The van der Waals surface area contributed by atoms with Crippen LogP contribution in [0.15, 0.2) is 60.7 Å². The Morgan fingerprint density at radius 3 is 2.04 bits per heavy atom. The highest BCUT2D eigenvalue weighted by Crippen LogP contribution is 2.47. The van der Waals surface area contributed by atoms with Gasteiger partial charge in [-0.25, -0.2) is 0 Å². The van der Waals surface area contributed by atoms with Crippen LogP contribution < -0.4 is 5.32 Å². The van der Waals surface area contributed by atoms with Gasteiger partial charge in [0.25, 0.3) is 0 Å². The minimum absolute atomic E-state index is 0.00347. The number of carbonyl (C=O) groups is 1. The van der Waals surface area contributed by atoms with Crippen molar-refractivity contribution in [2.24, 2.45) is 11.8 Å². The second kappa shape index (κ2) is 5.83. The van der Waals surface area contributed by atoms with Gasteiger partial charge in [0, 0.05) is 12.1 Å². The number of benzene rings is 2. The molecule has 0 amide bonds.